The second kappa shape index (κ2) is 4.42. The van der Waals surface area contributed by atoms with Gasteiger partial charge in [-0.25, -0.2) is 0 Å². The van der Waals surface area contributed by atoms with E-state index in [-0.39, 0.29) is 0 Å². The molecule has 1 aliphatic heterocycles. The van der Waals surface area contributed by atoms with E-state index in [4.69, 9.17) is 0 Å². The summed E-state index contributed by atoms with van der Waals surface area (Å²) in [5.74, 6) is 0.801. The van der Waals surface area contributed by atoms with Crippen molar-refractivity contribution in [3.8, 4) is 0 Å². The third kappa shape index (κ3) is 3.18. The second-order valence-corrected chi connectivity index (χ2v) is 6.19. The van der Waals surface area contributed by atoms with Gasteiger partial charge in [0.25, 0.3) is 0 Å². The molecule has 0 bridgehead atoms. The first kappa shape index (κ1) is 13.0. The number of rotatable bonds is 4. The van der Waals surface area contributed by atoms with Crippen LogP contribution in [0.5, 0.6) is 0 Å². The molecule has 0 aromatic rings. The molecule has 15 heavy (non-hydrogen) atoms. The van der Waals surface area contributed by atoms with Gasteiger partial charge >= 0.3 is 0 Å². The lowest BCUT2D eigenvalue weighted by Crippen LogP contribution is -2.56. The van der Waals surface area contributed by atoms with Crippen LogP contribution < -0.4 is 0 Å². The van der Waals surface area contributed by atoms with E-state index in [9.17, 15) is 5.11 Å². The van der Waals surface area contributed by atoms with Gasteiger partial charge < -0.3 is 5.11 Å². The predicted octanol–water partition coefficient (Wildman–Crippen LogP) is 2.52. The summed E-state index contributed by atoms with van der Waals surface area (Å²) in [6.45, 7) is 14.2. The van der Waals surface area contributed by atoms with Crippen molar-refractivity contribution in [2.75, 3.05) is 19.6 Å². The molecule has 0 amide bonds. The van der Waals surface area contributed by atoms with Crippen LogP contribution in [0, 0.1) is 11.3 Å². The highest BCUT2D eigenvalue weighted by Crippen LogP contribution is 2.34. The quantitative estimate of drug-likeness (QED) is 0.775. The lowest BCUT2D eigenvalue weighted by atomic mass is 9.75. The van der Waals surface area contributed by atoms with Gasteiger partial charge in [0.05, 0.1) is 5.60 Å². The molecule has 0 saturated carbocycles. The van der Waals surface area contributed by atoms with E-state index in [1.165, 1.54) is 0 Å². The van der Waals surface area contributed by atoms with Gasteiger partial charge in [-0.3, -0.25) is 4.90 Å². The van der Waals surface area contributed by atoms with E-state index in [1.54, 1.807) is 0 Å². The molecule has 90 valence electrons. The fourth-order valence-electron chi connectivity index (χ4n) is 2.14. The molecule has 2 heteroatoms. The van der Waals surface area contributed by atoms with Gasteiger partial charge in [0.1, 0.15) is 0 Å². The molecule has 1 fully saturated rings. The minimum Gasteiger partial charge on any atom is -0.389 e. The Kier molecular flexibility index (Phi) is 3.83. The second-order valence-electron chi connectivity index (χ2n) is 6.19. The molecule has 0 atom stereocenters. The van der Waals surface area contributed by atoms with Crippen molar-refractivity contribution in [1.29, 1.82) is 0 Å². The molecule has 0 radical (unpaired) electrons. The van der Waals surface area contributed by atoms with Crippen molar-refractivity contribution >= 4 is 0 Å². The first-order valence-electron chi connectivity index (χ1n) is 6.25. The van der Waals surface area contributed by atoms with Crippen LogP contribution in [0.2, 0.25) is 0 Å². The summed E-state index contributed by atoms with van der Waals surface area (Å²) in [5, 5.41) is 10.2. The van der Waals surface area contributed by atoms with Gasteiger partial charge in [0, 0.05) is 19.6 Å². The van der Waals surface area contributed by atoms with Gasteiger partial charge in [0.2, 0.25) is 0 Å². The maximum atomic E-state index is 10.2. The van der Waals surface area contributed by atoms with Crippen LogP contribution in [0.3, 0.4) is 0 Å². The number of β-amino-alcohol motifs (C(OH)–C–C–N with tert-alkyl or cyclic N) is 1. The van der Waals surface area contributed by atoms with Crippen LogP contribution in [0.25, 0.3) is 0 Å². The number of hydrogen-bond donors (Lipinski definition) is 1. The predicted molar refractivity (Wildman–Crippen MR) is 64.9 cm³/mol. The molecular weight excluding hydrogens is 186 g/mol. The van der Waals surface area contributed by atoms with Crippen molar-refractivity contribution in [3.63, 3.8) is 0 Å². The molecule has 1 heterocycles. The largest absolute Gasteiger partial charge is 0.389 e. The summed E-state index contributed by atoms with van der Waals surface area (Å²) < 4.78 is 0. The standard InChI is InChI=1S/C13H27NO/c1-6-13(15,7-2)10-14-8-11(9-14)12(3,4)5/h11,15H,6-10H2,1-5H3. The number of nitrogens with zero attached hydrogens (tertiary/aromatic N) is 1. The molecule has 1 N–H and O–H groups in total. The number of hydrogen-bond acceptors (Lipinski definition) is 2. The van der Waals surface area contributed by atoms with E-state index >= 15 is 0 Å². The average molecular weight is 213 g/mol. The van der Waals surface area contributed by atoms with Gasteiger partial charge in [-0.15, -0.1) is 0 Å². The van der Waals surface area contributed by atoms with E-state index in [0.29, 0.717) is 5.41 Å². The lowest BCUT2D eigenvalue weighted by molar-refractivity contribution is -0.0568. The summed E-state index contributed by atoms with van der Waals surface area (Å²) in [5.41, 5.74) is -0.0318. The first-order chi connectivity index (χ1) is 6.80. The number of likely N-dealkylation sites (tertiary alicyclic amines) is 1. The monoisotopic (exact) mass is 213 g/mol. The Morgan fingerprint density at radius 1 is 1.13 bits per heavy atom. The van der Waals surface area contributed by atoms with Gasteiger partial charge in [-0.05, 0) is 24.2 Å². The fourth-order valence-corrected chi connectivity index (χ4v) is 2.14. The third-order valence-electron chi connectivity index (χ3n) is 4.02. The summed E-state index contributed by atoms with van der Waals surface area (Å²) in [6, 6.07) is 0. The molecule has 0 spiro atoms. The van der Waals surface area contributed by atoms with Crippen molar-refractivity contribution in [2.24, 2.45) is 11.3 Å². The molecule has 2 nitrogen and oxygen atoms in total. The Morgan fingerprint density at radius 2 is 1.60 bits per heavy atom. The van der Waals surface area contributed by atoms with Crippen molar-refractivity contribution < 1.29 is 5.11 Å². The van der Waals surface area contributed by atoms with Crippen LogP contribution in [-0.2, 0) is 0 Å². The summed E-state index contributed by atoms with van der Waals surface area (Å²) in [4.78, 5) is 2.39. The molecule has 0 aromatic carbocycles. The summed E-state index contributed by atoms with van der Waals surface area (Å²) >= 11 is 0. The van der Waals surface area contributed by atoms with E-state index < -0.39 is 5.60 Å². The molecule has 1 rings (SSSR count). The molecule has 0 aliphatic carbocycles. The van der Waals surface area contributed by atoms with Crippen LogP contribution >= 0.6 is 0 Å². The zero-order valence-corrected chi connectivity index (χ0v) is 11.0. The highest BCUT2D eigenvalue weighted by Gasteiger charge is 2.38. The highest BCUT2D eigenvalue weighted by molar-refractivity contribution is 4.91. The maximum absolute atomic E-state index is 10.2. The maximum Gasteiger partial charge on any atom is 0.0768 e. The molecule has 1 aliphatic rings. The van der Waals surface area contributed by atoms with E-state index in [1.807, 2.05) is 0 Å². The SMILES string of the molecule is CCC(O)(CC)CN1CC(C(C)(C)C)C1. The Balaban J connectivity index is 2.34. The summed E-state index contributed by atoms with van der Waals surface area (Å²) in [6.07, 6.45) is 1.72. The minimum atomic E-state index is -0.456. The van der Waals surface area contributed by atoms with Crippen molar-refractivity contribution in [3.05, 3.63) is 0 Å². The van der Waals surface area contributed by atoms with Crippen molar-refractivity contribution in [2.45, 2.75) is 53.1 Å². The van der Waals surface area contributed by atoms with Crippen LogP contribution in [0.15, 0.2) is 0 Å². The van der Waals surface area contributed by atoms with Crippen LogP contribution in [0.1, 0.15) is 47.5 Å². The fraction of sp³-hybridized carbons (Fsp3) is 1.00. The van der Waals surface area contributed by atoms with E-state index in [0.717, 1.165) is 38.4 Å². The molecule has 0 aromatic heterocycles. The van der Waals surface area contributed by atoms with Crippen molar-refractivity contribution in [1.82, 2.24) is 4.90 Å². The zero-order valence-electron chi connectivity index (χ0n) is 11.0. The summed E-state index contributed by atoms with van der Waals surface area (Å²) in [7, 11) is 0. The van der Waals surface area contributed by atoms with Crippen LogP contribution in [-0.4, -0.2) is 35.2 Å². The smallest absolute Gasteiger partial charge is 0.0768 e. The van der Waals surface area contributed by atoms with Gasteiger partial charge in [-0.1, -0.05) is 34.6 Å². The van der Waals surface area contributed by atoms with Crippen LogP contribution in [0.4, 0.5) is 0 Å². The van der Waals surface area contributed by atoms with E-state index in [2.05, 4.69) is 39.5 Å². The Morgan fingerprint density at radius 3 is 1.93 bits per heavy atom. The number of aliphatic hydroxyl groups is 1. The topological polar surface area (TPSA) is 23.5 Å². The van der Waals surface area contributed by atoms with Gasteiger partial charge in [-0.2, -0.15) is 0 Å². The Bertz CT molecular complexity index is 197. The lowest BCUT2D eigenvalue weighted by Gasteiger charge is -2.48. The Labute approximate surface area is 94.7 Å². The normalized spacial score (nSPS) is 20.4. The molecule has 1 saturated heterocycles. The Hall–Kier alpha value is -0.0800. The third-order valence-corrected chi connectivity index (χ3v) is 4.02. The molecular formula is C13H27NO. The first-order valence-corrected chi connectivity index (χ1v) is 6.25. The average Bonchev–Trinajstić information content (AvgIpc) is 2.08. The molecule has 0 unspecified atom stereocenters. The van der Waals surface area contributed by atoms with Gasteiger partial charge in [0.15, 0.2) is 0 Å². The zero-order chi connectivity index (χ0) is 11.7. The highest BCUT2D eigenvalue weighted by atomic mass is 16.3. The minimum absolute atomic E-state index is 0.424.